The lowest BCUT2D eigenvalue weighted by molar-refractivity contribution is -0.117. The van der Waals surface area contributed by atoms with E-state index in [-0.39, 0.29) is 5.91 Å². The molecule has 0 saturated carbocycles. The van der Waals surface area contributed by atoms with E-state index in [1.165, 1.54) is 16.9 Å². The van der Waals surface area contributed by atoms with Gasteiger partial charge in [-0.1, -0.05) is 6.07 Å². The zero-order chi connectivity index (χ0) is 22.6. The zero-order valence-corrected chi connectivity index (χ0v) is 19.3. The second-order valence-electron chi connectivity index (χ2n) is 8.05. The van der Waals surface area contributed by atoms with Crippen molar-refractivity contribution in [1.29, 1.82) is 0 Å². The van der Waals surface area contributed by atoms with E-state index in [2.05, 4.69) is 32.2 Å². The maximum atomic E-state index is 12.5. The van der Waals surface area contributed by atoms with Crippen molar-refractivity contribution >= 4 is 22.4 Å². The molecule has 33 heavy (non-hydrogen) atoms. The lowest BCUT2D eigenvalue weighted by Crippen LogP contribution is -2.48. The van der Waals surface area contributed by atoms with E-state index < -0.39 is 0 Å². The van der Waals surface area contributed by atoms with Gasteiger partial charge in [0.15, 0.2) is 16.6 Å². The molecule has 172 valence electrons. The maximum Gasteiger partial charge on any atom is 0.240 e. The number of carbonyl (C=O) groups excluding carboxylic acids is 1. The highest BCUT2D eigenvalue weighted by Crippen LogP contribution is 2.33. The van der Waals surface area contributed by atoms with Crippen molar-refractivity contribution in [2.45, 2.75) is 6.54 Å². The highest BCUT2D eigenvalue weighted by molar-refractivity contribution is 7.14. The van der Waals surface area contributed by atoms with Crippen LogP contribution in [0.2, 0.25) is 0 Å². The van der Waals surface area contributed by atoms with Gasteiger partial charge in [-0.15, -0.1) is 11.3 Å². The topological polar surface area (TPSA) is 76.2 Å². The Bertz CT molecular complexity index is 1110. The monoisotopic (exact) mass is 466 g/mol. The minimum absolute atomic E-state index is 0.0325. The van der Waals surface area contributed by atoms with Crippen LogP contribution in [-0.4, -0.2) is 67.3 Å². The van der Waals surface area contributed by atoms with E-state index in [0.29, 0.717) is 18.5 Å². The molecule has 1 fully saturated rings. The lowest BCUT2D eigenvalue weighted by atomic mass is 10.1. The van der Waals surface area contributed by atoms with Gasteiger partial charge in [-0.2, -0.15) is 0 Å². The largest absolute Gasteiger partial charge is 0.497 e. The summed E-state index contributed by atoms with van der Waals surface area (Å²) in [6.45, 7) is 5.07. The smallest absolute Gasteiger partial charge is 0.240 e. The van der Waals surface area contributed by atoms with E-state index in [9.17, 15) is 4.79 Å². The molecule has 3 heterocycles. The predicted molar refractivity (Wildman–Crippen MR) is 127 cm³/mol. The van der Waals surface area contributed by atoms with Gasteiger partial charge in [0.25, 0.3) is 0 Å². The summed E-state index contributed by atoms with van der Waals surface area (Å²) in [5.41, 5.74) is 3.04. The third-order valence-electron chi connectivity index (χ3n) is 5.81. The van der Waals surface area contributed by atoms with Crippen LogP contribution in [0.15, 0.2) is 47.8 Å². The highest BCUT2D eigenvalue weighted by atomic mass is 32.1. The molecule has 2 aliphatic rings. The fourth-order valence-electron chi connectivity index (χ4n) is 3.99. The summed E-state index contributed by atoms with van der Waals surface area (Å²) in [6.07, 6.45) is 0. The first-order valence-electron chi connectivity index (χ1n) is 10.9. The Labute approximate surface area is 196 Å². The van der Waals surface area contributed by atoms with Gasteiger partial charge < -0.3 is 19.5 Å². The van der Waals surface area contributed by atoms with Crippen LogP contribution >= 0.6 is 11.3 Å². The minimum Gasteiger partial charge on any atom is -0.497 e. The number of nitrogens with zero attached hydrogens (tertiary/aromatic N) is 3. The molecule has 0 atom stereocenters. The first-order valence-corrected chi connectivity index (χ1v) is 11.8. The SMILES string of the molecule is COc1ccc(-c2csc(NC(=O)CN3CCN(Cc4ccc5c(c4)OCO5)CC3)n2)cc1. The molecule has 1 N–H and O–H groups in total. The summed E-state index contributed by atoms with van der Waals surface area (Å²) in [4.78, 5) is 21.7. The molecule has 8 nitrogen and oxygen atoms in total. The predicted octanol–water partition coefficient (Wildman–Crippen LogP) is 3.30. The summed E-state index contributed by atoms with van der Waals surface area (Å²) >= 11 is 1.43. The Hall–Kier alpha value is -3.14. The van der Waals surface area contributed by atoms with E-state index in [0.717, 1.165) is 61.2 Å². The molecule has 0 unspecified atom stereocenters. The fraction of sp³-hybridized carbons (Fsp3) is 0.333. The van der Waals surface area contributed by atoms with Gasteiger partial charge in [-0.05, 0) is 42.0 Å². The van der Waals surface area contributed by atoms with Gasteiger partial charge in [0.1, 0.15) is 5.75 Å². The average Bonchev–Trinajstić information content (AvgIpc) is 3.50. The van der Waals surface area contributed by atoms with Crippen LogP contribution in [0, 0.1) is 0 Å². The van der Waals surface area contributed by atoms with Crippen LogP contribution < -0.4 is 19.5 Å². The fourth-order valence-corrected chi connectivity index (χ4v) is 4.73. The molecule has 2 aliphatic heterocycles. The van der Waals surface area contributed by atoms with E-state index in [1.807, 2.05) is 35.7 Å². The standard InChI is InChI=1S/C24H26N4O4S/c1-30-19-5-3-18(4-6-19)20-15-33-24(25-20)26-23(29)14-28-10-8-27(9-11-28)13-17-2-7-21-22(12-17)32-16-31-21/h2-7,12,15H,8-11,13-14,16H2,1H3,(H,25,26,29). The van der Waals surface area contributed by atoms with Crippen molar-refractivity contribution in [2.24, 2.45) is 0 Å². The molecule has 0 radical (unpaired) electrons. The van der Waals surface area contributed by atoms with Crippen molar-refractivity contribution in [3.05, 3.63) is 53.4 Å². The van der Waals surface area contributed by atoms with Gasteiger partial charge >= 0.3 is 0 Å². The average molecular weight is 467 g/mol. The van der Waals surface area contributed by atoms with Crippen LogP contribution in [0.1, 0.15) is 5.56 Å². The summed E-state index contributed by atoms with van der Waals surface area (Å²) in [6, 6.07) is 13.8. The quantitative estimate of drug-likeness (QED) is 0.573. The van der Waals surface area contributed by atoms with Crippen molar-refractivity contribution in [3.63, 3.8) is 0 Å². The number of piperazine rings is 1. The second-order valence-corrected chi connectivity index (χ2v) is 8.91. The number of methoxy groups -OCH3 is 1. The van der Waals surface area contributed by atoms with Crippen LogP contribution in [0.5, 0.6) is 17.2 Å². The summed E-state index contributed by atoms with van der Waals surface area (Å²) in [5, 5.41) is 5.51. The molecule has 1 amide bonds. The normalized spacial score (nSPS) is 16.0. The Balaban J connectivity index is 1.08. The molecular weight excluding hydrogens is 440 g/mol. The van der Waals surface area contributed by atoms with Crippen molar-refractivity contribution in [1.82, 2.24) is 14.8 Å². The number of benzene rings is 2. The number of anilines is 1. The van der Waals surface area contributed by atoms with E-state index in [4.69, 9.17) is 14.2 Å². The number of nitrogens with one attached hydrogen (secondary N) is 1. The second kappa shape index (κ2) is 9.78. The van der Waals surface area contributed by atoms with E-state index in [1.54, 1.807) is 7.11 Å². The van der Waals surface area contributed by atoms with Gasteiger partial charge in [-0.3, -0.25) is 14.6 Å². The first-order chi connectivity index (χ1) is 16.2. The number of aromatic nitrogens is 1. The number of hydrogen-bond donors (Lipinski definition) is 1. The number of carbonyl (C=O) groups is 1. The summed E-state index contributed by atoms with van der Waals surface area (Å²) in [7, 11) is 1.64. The third-order valence-corrected chi connectivity index (χ3v) is 6.57. The van der Waals surface area contributed by atoms with Gasteiger partial charge in [0, 0.05) is 43.7 Å². The summed E-state index contributed by atoms with van der Waals surface area (Å²) in [5.74, 6) is 2.40. The molecule has 1 saturated heterocycles. The number of fused-ring (bicyclic) bond motifs is 1. The highest BCUT2D eigenvalue weighted by Gasteiger charge is 2.21. The Kier molecular flexibility index (Phi) is 6.43. The van der Waals surface area contributed by atoms with Gasteiger partial charge in [-0.25, -0.2) is 4.98 Å². The van der Waals surface area contributed by atoms with Gasteiger partial charge in [0.2, 0.25) is 12.7 Å². The molecule has 1 aromatic heterocycles. The van der Waals surface area contributed by atoms with Crippen LogP contribution in [0.3, 0.4) is 0 Å². The molecule has 5 rings (SSSR count). The zero-order valence-electron chi connectivity index (χ0n) is 18.5. The number of hydrogen-bond acceptors (Lipinski definition) is 8. The van der Waals surface area contributed by atoms with Crippen molar-refractivity contribution in [2.75, 3.05) is 51.9 Å². The molecule has 2 aromatic carbocycles. The van der Waals surface area contributed by atoms with Crippen molar-refractivity contribution < 1.29 is 19.0 Å². The van der Waals surface area contributed by atoms with Crippen molar-refractivity contribution in [3.8, 4) is 28.5 Å². The number of amides is 1. The molecular formula is C24H26N4O4S. The lowest BCUT2D eigenvalue weighted by Gasteiger charge is -2.34. The van der Waals surface area contributed by atoms with Crippen LogP contribution in [0.25, 0.3) is 11.3 Å². The van der Waals surface area contributed by atoms with E-state index >= 15 is 0 Å². The Morgan fingerprint density at radius 2 is 1.82 bits per heavy atom. The maximum absolute atomic E-state index is 12.5. The van der Waals surface area contributed by atoms with Crippen LogP contribution in [-0.2, 0) is 11.3 Å². The first kappa shape index (κ1) is 21.7. The third kappa shape index (κ3) is 5.27. The Morgan fingerprint density at radius 3 is 2.61 bits per heavy atom. The molecule has 9 heteroatoms. The minimum atomic E-state index is -0.0325. The number of ether oxygens (including phenoxy) is 3. The Morgan fingerprint density at radius 1 is 1.06 bits per heavy atom. The molecule has 0 spiro atoms. The summed E-state index contributed by atoms with van der Waals surface area (Å²) < 4.78 is 16.0. The molecule has 0 bridgehead atoms. The molecule has 3 aromatic rings. The molecule has 0 aliphatic carbocycles. The number of rotatable bonds is 7. The van der Waals surface area contributed by atoms with Crippen LogP contribution in [0.4, 0.5) is 5.13 Å². The number of thiazole rings is 1. The van der Waals surface area contributed by atoms with Gasteiger partial charge in [0.05, 0.1) is 19.3 Å².